The first kappa shape index (κ1) is 17.2. The Balaban J connectivity index is 1.70. The summed E-state index contributed by atoms with van der Waals surface area (Å²) in [5.74, 6) is -0.710. The zero-order valence-electron chi connectivity index (χ0n) is 12.7. The van der Waals surface area contributed by atoms with Gasteiger partial charge in [-0.25, -0.2) is 0 Å². The van der Waals surface area contributed by atoms with Gasteiger partial charge in [-0.1, -0.05) is 23.7 Å². The fourth-order valence-electron chi connectivity index (χ4n) is 2.32. The van der Waals surface area contributed by atoms with Crippen LogP contribution in [0.15, 0.2) is 47.4 Å². The second kappa shape index (κ2) is 7.12. The van der Waals surface area contributed by atoms with Gasteiger partial charge in [-0.2, -0.15) is 0 Å². The third-order valence-corrected chi connectivity index (χ3v) is 5.12. The summed E-state index contributed by atoms with van der Waals surface area (Å²) in [6.45, 7) is 0. The van der Waals surface area contributed by atoms with Crippen LogP contribution in [0, 0.1) is 10.1 Å². The smallest absolute Gasteiger partial charge is 0.271 e. The molecule has 1 aliphatic heterocycles. The number of nitro groups is 1. The quantitative estimate of drug-likeness (QED) is 0.625. The molecule has 1 heterocycles. The third kappa shape index (κ3) is 3.92. The van der Waals surface area contributed by atoms with Crippen LogP contribution in [0.5, 0.6) is 0 Å². The summed E-state index contributed by atoms with van der Waals surface area (Å²) in [7, 11) is 0. The van der Waals surface area contributed by atoms with Gasteiger partial charge in [0, 0.05) is 23.4 Å². The molecule has 2 N–H and O–H groups in total. The van der Waals surface area contributed by atoms with Crippen LogP contribution in [0.3, 0.4) is 0 Å². The lowest BCUT2D eigenvalue weighted by atomic mass is 10.2. The number of amides is 2. The lowest BCUT2D eigenvalue weighted by molar-refractivity contribution is -0.384. The number of hydrogen-bond acceptors (Lipinski definition) is 5. The molecule has 1 aliphatic rings. The molecule has 128 valence electrons. The summed E-state index contributed by atoms with van der Waals surface area (Å²) in [6, 6.07) is 11.1. The molecule has 0 saturated carbocycles. The van der Waals surface area contributed by atoms with Crippen molar-refractivity contribution in [3.63, 3.8) is 0 Å². The lowest BCUT2D eigenvalue weighted by Gasteiger charge is -2.23. The summed E-state index contributed by atoms with van der Waals surface area (Å²) in [5, 5.41) is 15.7. The summed E-state index contributed by atoms with van der Waals surface area (Å²) >= 11 is 7.26. The number of carbonyl (C=O) groups excluding carboxylic acids is 2. The molecule has 3 rings (SSSR count). The summed E-state index contributed by atoms with van der Waals surface area (Å²) in [5.41, 5.74) is 0.678. The predicted octanol–water partition coefficient (Wildman–Crippen LogP) is 3.69. The molecule has 2 aromatic carbocycles. The van der Waals surface area contributed by atoms with Gasteiger partial charge in [-0.3, -0.25) is 19.7 Å². The molecule has 0 radical (unpaired) electrons. The van der Waals surface area contributed by atoms with Crippen LogP contribution in [0.4, 0.5) is 17.1 Å². The van der Waals surface area contributed by atoms with E-state index in [1.165, 1.54) is 30.0 Å². The highest BCUT2D eigenvalue weighted by Gasteiger charge is 2.29. The van der Waals surface area contributed by atoms with E-state index in [9.17, 15) is 19.7 Å². The molecule has 9 heteroatoms. The number of rotatable bonds is 4. The Labute approximate surface area is 151 Å². The molecule has 0 spiro atoms. The molecular weight excluding hydrogens is 366 g/mol. The highest BCUT2D eigenvalue weighted by molar-refractivity contribution is 8.01. The predicted molar refractivity (Wildman–Crippen MR) is 96.1 cm³/mol. The highest BCUT2D eigenvalue weighted by atomic mass is 35.5. The zero-order chi connectivity index (χ0) is 18.0. The molecule has 2 aromatic rings. The van der Waals surface area contributed by atoms with Crippen molar-refractivity contribution in [2.24, 2.45) is 0 Å². The van der Waals surface area contributed by atoms with Crippen molar-refractivity contribution in [1.29, 1.82) is 0 Å². The standard InChI is InChI=1S/C16H12ClN3O4S/c17-10-6-5-9(20(23)24)7-12(10)18-15(21)8-14-16(22)19-11-3-1-2-4-13(11)25-14/h1-7,14H,8H2,(H,18,21)(H,19,22)/t14-/m1/s1. The number of para-hydroxylation sites is 1. The normalized spacial score (nSPS) is 15.9. The van der Waals surface area contributed by atoms with E-state index in [0.29, 0.717) is 0 Å². The molecule has 25 heavy (non-hydrogen) atoms. The maximum absolute atomic E-state index is 12.2. The number of nitro benzene ring substituents is 1. The van der Waals surface area contributed by atoms with Gasteiger partial charge < -0.3 is 10.6 Å². The summed E-state index contributed by atoms with van der Waals surface area (Å²) < 4.78 is 0. The van der Waals surface area contributed by atoms with Crippen LogP contribution in [-0.4, -0.2) is 22.0 Å². The molecule has 1 atom stereocenters. The van der Waals surface area contributed by atoms with Crippen LogP contribution >= 0.6 is 23.4 Å². The first-order valence-electron chi connectivity index (χ1n) is 7.24. The average molecular weight is 378 g/mol. The van der Waals surface area contributed by atoms with Gasteiger partial charge in [0.15, 0.2) is 0 Å². The van der Waals surface area contributed by atoms with Crippen molar-refractivity contribution in [3.8, 4) is 0 Å². The van der Waals surface area contributed by atoms with Gasteiger partial charge in [0.25, 0.3) is 5.69 Å². The third-order valence-electron chi connectivity index (χ3n) is 3.51. The number of benzene rings is 2. The number of thioether (sulfide) groups is 1. The van der Waals surface area contributed by atoms with E-state index in [4.69, 9.17) is 11.6 Å². The number of halogens is 1. The number of non-ortho nitro benzene ring substituents is 1. The number of anilines is 2. The Morgan fingerprint density at radius 1 is 1.32 bits per heavy atom. The minimum absolute atomic E-state index is 0.0795. The minimum Gasteiger partial charge on any atom is -0.325 e. The molecular formula is C16H12ClN3O4S. The molecule has 0 aromatic heterocycles. The molecule has 7 nitrogen and oxygen atoms in total. The molecule has 2 amide bonds. The van der Waals surface area contributed by atoms with E-state index in [1.54, 1.807) is 6.07 Å². The maximum Gasteiger partial charge on any atom is 0.271 e. The largest absolute Gasteiger partial charge is 0.325 e. The molecule has 0 unspecified atom stereocenters. The number of fused-ring (bicyclic) bond motifs is 1. The zero-order valence-corrected chi connectivity index (χ0v) is 14.3. The van der Waals surface area contributed by atoms with Crippen molar-refractivity contribution in [3.05, 3.63) is 57.6 Å². The van der Waals surface area contributed by atoms with Gasteiger partial charge in [0.2, 0.25) is 11.8 Å². The fourth-order valence-corrected chi connectivity index (χ4v) is 3.59. The lowest BCUT2D eigenvalue weighted by Crippen LogP contribution is -2.32. The number of hydrogen-bond donors (Lipinski definition) is 2. The SMILES string of the molecule is O=C(C[C@H]1Sc2ccccc2NC1=O)Nc1cc([N+](=O)[O-])ccc1Cl. The molecule has 0 saturated heterocycles. The Morgan fingerprint density at radius 2 is 2.08 bits per heavy atom. The highest BCUT2D eigenvalue weighted by Crippen LogP contribution is 2.37. The first-order valence-corrected chi connectivity index (χ1v) is 8.50. The molecule has 0 fully saturated rings. The van der Waals surface area contributed by atoms with Crippen molar-refractivity contribution >= 4 is 52.2 Å². The number of carbonyl (C=O) groups is 2. The van der Waals surface area contributed by atoms with Gasteiger partial charge in [-0.15, -0.1) is 11.8 Å². The van der Waals surface area contributed by atoms with Crippen molar-refractivity contribution in [2.75, 3.05) is 10.6 Å². The van der Waals surface area contributed by atoms with Gasteiger partial charge in [-0.05, 0) is 18.2 Å². The van der Waals surface area contributed by atoms with E-state index in [2.05, 4.69) is 10.6 Å². The van der Waals surface area contributed by atoms with Crippen LogP contribution in [0.25, 0.3) is 0 Å². The van der Waals surface area contributed by atoms with Gasteiger partial charge in [0.1, 0.15) is 0 Å². The molecule has 0 aliphatic carbocycles. The van der Waals surface area contributed by atoms with Crippen LogP contribution in [0.2, 0.25) is 5.02 Å². The Hall–Kier alpha value is -2.58. The minimum atomic E-state index is -0.590. The Kier molecular flexibility index (Phi) is 4.91. The molecule has 0 bridgehead atoms. The fraction of sp³-hybridized carbons (Fsp3) is 0.125. The van der Waals surface area contributed by atoms with Crippen molar-refractivity contribution < 1.29 is 14.5 Å². The van der Waals surface area contributed by atoms with E-state index in [0.717, 1.165) is 10.6 Å². The topological polar surface area (TPSA) is 101 Å². The van der Waals surface area contributed by atoms with E-state index in [-0.39, 0.29) is 28.7 Å². The second-order valence-electron chi connectivity index (χ2n) is 5.27. The number of nitrogens with zero attached hydrogens (tertiary/aromatic N) is 1. The van der Waals surface area contributed by atoms with E-state index < -0.39 is 16.1 Å². The summed E-state index contributed by atoms with van der Waals surface area (Å²) in [4.78, 5) is 35.5. The van der Waals surface area contributed by atoms with E-state index >= 15 is 0 Å². The van der Waals surface area contributed by atoms with Crippen LogP contribution in [-0.2, 0) is 9.59 Å². The van der Waals surface area contributed by atoms with Gasteiger partial charge >= 0.3 is 0 Å². The maximum atomic E-state index is 12.2. The Bertz CT molecular complexity index is 874. The monoisotopic (exact) mass is 377 g/mol. The van der Waals surface area contributed by atoms with Crippen LogP contribution < -0.4 is 10.6 Å². The Morgan fingerprint density at radius 3 is 2.84 bits per heavy atom. The van der Waals surface area contributed by atoms with E-state index in [1.807, 2.05) is 18.2 Å². The van der Waals surface area contributed by atoms with Crippen molar-refractivity contribution in [2.45, 2.75) is 16.6 Å². The number of nitrogens with one attached hydrogen (secondary N) is 2. The van der Waals surface area contributed by atoms with Crippen LogP contribution in [0.1, 0.15) is 6.42 Å². The first-order chi connectivity index (χ1) is 11.9. The van der Waals surface area contributed by atoms with Crippen molar-refractivity contribution in [1.82, 2.24) is 0 Å². The average Bonchev–Trinajstić information content (AvgIpc) is 2.57. The summed E-state index contributed by atoms with van der Waals surface area (Å²) in [6.07, 6.45) is -0.0795. The second-order valence-corrected chi connectivity index (χ2v) is 6.92. The van der Waals surface area contributed by atoms with Gasteiger partial charge in [0.05, 0.1) is 26.6 Å².